The molecule has 0 fully saturated rings. The van der Waals surface area contributed by atoms with E-state index in [4.69, 9.17) is 0 Å². The summed E-state index contributed by atoms with van der Waals surface area (Å²) in [6.07, 6.45) is 3.58. The molecule has 0 aromatic heterocycles. The molecule has 0 saturated heterocycles. The monoisotopic (exact) mass is 379 g/mol. The van der Waals surface area contributed by atoms with Gasteiger partial charge in [0.2, 0.25) is 0 Å². The average molecular weight is 379 g/mol. The number of nitrogens with zero attached hydrogens (tertiary/aromatic N) is 1. The summed E-state index contributed by atoms with van der Waals surface area (Å²) in [6, 6.07) is 8.75. The molecular weight excluding hydrogens is 346 g/mol. The number of fused-ring (bicyclic) bond motifs is 1. The number of rotatable bonds is 2. The number of allylic oxidation sites excluding steroid dienone is 1. The molecule has 1 aliphatic carbocycles. The second-order valence-electron chi connectivity index (χ2n) is 9.33. The van der Waals surface area contributed by atoms with Crippen LogP contribution in [0.3, 0.4) is 0 Å². The zero-order valence-corrected chi connectivity index (χ0v) is 19.3. The van der Waals surface area contributed by atoms with E-state index < -0.39 is 9.57 Å². The molecule has 1 aromatic rings. The molecule has 1 aliphatic rings. The summed E-state index contributed by atoms with van der Waals surface area (Å²) in [5.41, 5.74) is 5.00. The maximum Gasteiger partial charge on any atom is 0.538 e. The van der Waals surface area contributed by atoms with Crippen molar-refractivity contribution in [3.05, 3.63) is 41.0 Å². The van der Waals surface area contributed by atoms with Crippen LogP contribution in [0.25, 0.3) is 6.08 Å². The van der Waals surface area contributed by atoms with E-state index in [0.29, 0.717) is 13.8 Å². The molecule has 2 rings (SSSR count). The summed E-state index contributed by atoms with van der Waals surface area (Å²) in [5.74, 6) is 0. The molecule has 0 N–H and O–H groups in total. The standard InChI is InChI=1S/C14H17.C6H16NOSi.Ti/c1-14(2,3)10-11-8-12-6-4-5-7-13(12)9-11;1-6(2,3)7(4,5)9-8;/h4-9H,10H2,1-3H3;9H,1-5H3;/q;+1;. The molecule has 0 saturated carbocycles. The van der Waals surface area contributed by atoms with Crippen molar-refractivity contribution in [2.45, 2.75) is 57.7 Å². The summed E-state index contributed by atoms with van der Waals surface area (Å²) in [4.78, 5) is 0. The van der Waals surface area contributed by atoms with Gasteiger partial charge in [-0.2, -0.15) is 0 Å². The fraction of sp³-hybridized carbons (Fsp3) is 0.600. The van der Waals surface area contributed by atoms with Gasteiger partial charge in [-0.3, -0.25) is 0 Å². The Morgan fingerprint density at radius 2 is 1.62 bits per heavy atom. The summed E-state index contributed by atoms with van der Waals surface area (Å²) >= 11 is 2.32. The molecule has 131 valence electrons. The SMILES string of the molecule is CC(C)(C)CC1=Cc2ccccc2[CH]1[Ti].CC(C)(C)[N+](C)(C)[SiH]=O. The Balaban J connectivity index is 0.000000277. The quantitative estimate of drug-likeness (QED) is 0.683. The van der Waals surface area contributed by atoms with Crippen LogP contribution in [-0.4, -0.2) is 33.4 Å². The average Bonchev–Trinajstić information content (AvgIpc) is 2.73. The van der Waals surface area contributed by atoms with Crippen LogP contribution in [0.5, 0.6) is 0 Å². The summed E-state index contributed by atoms with van der Waals surface area (Å²) in [5, 5.41) is 0. The first-order valence-electron chi connectivity index (χ1n) is 8.59. The van der Waals surface area contributed by atoms with Gasteiger partial charge in [-0.15, -0.1) is 0 Å². The van der Waals surface area contributed by atoms with Crippen molar-refractivity contribution in [2.24, 2.45) is 5.41 Å². The molecule has 0 heterocycles. The molecule has 1 unspecified atom stereocenters. The van der Waals surface area contributed by atoms with Crippen LogP contribution < -0.4 is 0 Å². The van der Waals surface area contributed by atoms with E-state index in [1.165, 1.54) is 17.5 Å². The molecule has 2 nitrogen and oxygen atoms in total. The number of quaternary nitrogens is 1. The van der Waals surface area contributed by atoms with E-state index in [1.54, 1.807) is 5.57 Å². The van der Waals surface area contributed by atoms with Crippen molar-refractivity contribution in [1.29, 1.82) is 0 Å². The van der Waals surface area contributed by atoms with Crippen molar-refractivity contribution in [1.82, 2.24) is 0 Å². The van der Waals surface area contributed by atoms with E-state index in [-0.39, 0.29) is 5.54 Å². The molecule has 24 heavy (non-hydrogen) atoms. The van der Waals surface area contributed by atoms with Crippen LogP contribution in [0.15, 0.2) is 29.8 Å². The summed E-state index contributed by atoms with van der Waals surface area (Å²) in [7, 11) is 3.25. The Hall–Kier alpha value is -0.349. The molecule has 0 amide bonds. The van der Waals surface area contributed by atoms with Crippen LogP contribution in [0.2, 0.25) is 0 Å². The maximum absolute atomic E-state index is 10.7. The fourth-order valence-electron chi connectivity index (χ4n) is 2.31. The molecule has 1 aromatic carbocycles. The minimum absolute atomic E-state index is 0.108. The van der Waals surface area contributed by atoms with Crippen molar-refractivity contribution in [3.63, 3.8) is 0 Å². The van der Waals surface area contributed by atoms with Crippen molar-refractivity contribution in [3.8, 4) is 0 Å². The second kappa shape index (κ2) is 7.90. The third kappa shape index (κ3) is 5.87. The van der Waals surface area contributed by atoms with E-state index in [0.717, 1.165) is 0 Å². The number of hydrogen-bond acceptors (Lipinski definition) is 1. The summed E-state index contributed by atoms with van der Waals surface area (Å²) < 4.78 is 11.9. The minimum Gasteiger partial charge on any atom is -0.331 e. The molecule has 0 bridgehead atoms. The van der Waals surface area contributed by atoms with E-state index in [2.05, 4.69) is 92.3 Å². The maximum atomic E-state index is 10.7. The predicted molar refractivity (Wildman–Crippen MR) is 101 cm³/mol. The van der Waals surface area contributed by atoms with Crippen LogP contribution in [0.1, 0.15) is 63.3 Å². The van der Waals surface area contributed by atoms with E-state index in [9.17, 15) is 4.46 Å². The molecular formula is C20H33NOSiTi+. The van der Waals surface area contributed by atoms with Gasteiger partial charge in [0, 0.05) is 0 Å². The van der Waals surface area contributed by atoms with E-state index >= 15 is 0 Å². The molecule has 0 radical (unpaired) electrons. The van der Waals surface area contributed by atoms with Gasteiger partial charge in [0.05, 0.1) is 19.6 Å². The Labute approximate surface area is 162 Å². The van der Waals surface area contributed by atoms with Gasteiger partial charge in [0.25, 0.3) is 0 Å². The van der Waals surface area contributed by atoms with Gasteiger partial charge >= 0.3 is 114 Å². The first-order chi connectivity index (χ1) is 10.8. The number of hydrogen-bond donors (Lipinski definition) is 0. The van der Waals surface area contributed by atoms with Gasteiger partial charge < -0.3 is 8.61 Å². The third-order valence-electron chi connectivity index (χ3n) is 4.75. The first kappa shape index (κ1) is 21.7. The molecule has 0 aliphatic heterocycles. The van der Waals surface area contributed by atoms with Gasteiger partial charge in [-0.1, -0.05) is 0 Å². The summed E-state index contributed by atoms with van der Waals surface area (Å²) in [6.45, 7) is 13.2. The largest absolute Gasteiger partial charge is 0.538 e. The Morgan fingerprint density at radius 1 is 1.08 bits per heavy atom. The fourth-order valence-corrected chi connectivity index (χ4v) is 3.33. The predicted octanol–water partition coefficient (Wildman–Crippen LogP) is 4.67. The van der Waals surface area contributed by atoms with E-state index in [1.807, 2.05) is 14.1 Å². The Bertz CT molecular complexity index is 609. The van der Waals surface area contributed by atoms with Gasteiger partial charge in [-0.25, -0.2) is 0 Å². The molecule has 1 atom stereocenters. The van der Waals surface area contributed by atoms with Crippen molar-refractivity contribution in [2.75, 3.05) is 14.1 Å². The van der Waals surface area contributed by atoms with Crippen LogP contribution in [0.4, 0.5) is 0 Å². The van der Waals surface area contributed by atoms with Crippen LogP contribution in [0, 0.1) is 5.41 Å². The van der Waals surface area contributed by atoms with Gasteiger partial charge in [0.15, 0.2) is 0 Å². The Kier molecular flexibility index (Phi) is 7.14. The molecule has 0 spiro atoms. The first-order valence-corrected chi connectivity index (χ1v) is 10.5. The zero-order chi connectivity index (χ0) is 18.8. The molecule has 4 heteroatoms. The minimum atomic E-state index is -0.726. The normalized spacial score (nSPS) is 17.5. The van der Waals surface area contributed by atoms with Gasteiger partial charge in [-0.05, 0) is 20.8 Å². The zero-order valence-electron chi connectivity index (χ0n) is 16.6. The van der Waals surface area contributed by atoms with Crippen molar-refractivity contribution < 1.29 is 29.0 Å². The smallest absolute Gasteiger partial charge is 0.331 e. The third-order valence-corrected chi connectivity index (χ3v) is 7.11. The van der Waals surface area contributed by atoms with Gasteiger partial charge in [0.1, 0.15) is 0 Å². The van der Waals surface area contributed by atoms with Crippen LogP contribution in [-0.2, 0) is 24.9 Å². The number of benzene rings is 1. The van der Waals surface area contributed by atoms with Crippen molar-refractivity contribution >= 4 is 15.6 Å². The second-order valence-corrected chi connectivity index (χ2v) is 11.7. The Morgan fingerprint density at radius 3 is 2.00 bits per heavy atom. The topological polar surface area (TPSA) is 17.1 Å². The van der Waals surface area contributed by atoms with Crippen LogP contribution >= 0.6 is 0 Å².